The lowest BCUT2D eigenvalue weighted by molar-refractivity contribution is 0.462. The molecule has 2 fully saturated rings. The van der Waals surface area contributed by atoms with Crippen molar-refractivity contribution >= 4 is 51.2 Å². The fourth-order valence-corrected chi connectivity index (χ4v) is 6.01. The number of hydrogen-bond donors (Lipinski definition) is 1. The Balaban J connectivity index is 0.00000144. The first-order valence-corrected chi connectivity index (χ1v) is 12.3. The molecule has 32 heavy (non-hydrogen) atoms. The topological polar surface area (TPSA) is 62.3 Å². The molecule has 2 saturated heterocycles. The van der Waals surface area contributed by atoms with Crippen LogP contribution >= 0.6 is 24.8 Å². The summed E-state index contributed by atoms with van der Waals surface area (Å²) in [6.45, 7) is 4.00. The summed E-state index contributed by atoms with van der Waals surface area (Å²) in [5, 5.41) is 4.29. The number of nitrogens with zero attached hydrogens (tertiary/aromatic N) is 2. The average molecular weight is 494 g/mol. The number of nitrogens with one attached hydrogen (secondary N) is 1. The molecule has 0 atom stereocenters. The highest BCUT2D eigenvalue weighted by Gasteiger charge is 2.23. The molecule has 172 valence electrons. The maximum atomic E-state index is 13.4. The second-order valence-corrected chi connectivity index (χ2v) is 10.3. The molecule has 0 bridgehead atoms. The van der Waals surface area contributed by atoms with Crippen LogP contribution in [0.15, 0.2) is 64.5 Å². The van der Waals surface area contributed by atoms with Gasteiger partial charge in [-0.2, -0.15) is 0 Å². The number of rotatable bonds is 4. The number of hydrogen-bond acceptors (Lipinski definition) is 5. The minimum atomic E-state index is -3.62. The molecule has 1 aromatic heterocycles. The van der Waals surface area contributed by atoms with Crippen molar-refractivity contribution in [1.82, 2.24) is 10.3 Å². The Hall–Kier alpha value is -1.86. The zero-order valence-corrected chi connectivity index (χ0v) is 20.3. The van der Waals surface area contributed by atoms with Crippen LogP contribution in [0.1, 0.15) is 37.2 Å². The maximum absolute atomic E-state index is 13.4. The normalized spacial score (nSPS) is 17.1. The fourth-order valence-electron chi connectivity index (χ4n) is 4.73. The maximum Gasteiger partial charge on any atom is 0.208 e. The van der Waals surface area contributed by atoms with Crippen LogP contribution < -0.4 is 10.2 Å². The molecule has 0 spiro atoms. The Labute approximate surface area is 202 Å². The summed E-state index contributed by atoms with van der Waals surface area (Å²) >= 11 is 0. The SMILES string of the molecule is Cl.Cl.O=S(=O)(c1cccc(N2CCCC2)c1)c1cnc2c(C3CCNCC3)cccc2c1. The Morgan fingerprint density at radius 1 is 0.906 bits per heavy atom. The van der Waals surface area contributed by atoms with Gasteiger partial charge >= 0.3 is 0 Å². The number of anilines is 1. The Kier molecular flexibility index (Phi) is 8.04. The molecule has 0 radical (unpaired) electrons. The highest BCUT2D eigenvalue weighted by molar-refractivity contribution is 7.91. The van der Waals surface area contributed by atoms with Crippen molar-refractivity contribution in [3.8, 4) is 0 Å². The molecule has 5 nitrogen and oxygen atoms in total. The third-order valence-corrected chi connectivity index (χ3v) is 8.12. The number of para-hydroxylation sites is 1. The number of pyridine rings is 1. The van der Waals surface area contributed by atoms with Crippen molar-refractivity contribution in [3.05, 3.63) is 60.3 Å². The number of aromatic nitrogens is 1. The summed E-state index contributed by atoms with van der Waals surface area (Å²) in [5.74, 6) is 0.474. The molecule has 3 heterocycles. The van der Waals surface area contributed by atoms with Gasteiger partial charge < -0.3 is 10.2 Å². The van der Waals surface area contributed by atoms with Gasteiger partial charge in [-0.05, 0) is 74.5 Å². The second kappa shape index (κ2) is 10.4. The van der Waals surface area contributed by atoms with Crippen molar-refractivity contribution in [1.29, 1.82) is 0 Å². The van der Waals surface area contributed by atoms with Gasteiger partial charge in [0.25, 0.3) is 0 Å². The van der Waals surface area contributed by atoms with E-state index in [1.54, 1.807) is 18.2 Å². The van der Waals surface area contributed by atoms with Gasteiger partial charge in [0, 0.05) is 30.4 Å². The number of sulfone groups is 1. The van der Waals surface area contributed by atoms with Crippen LogP contribution in [-0.4, -0.2) is 39.6 Å². The van der Waals surface area contributed by atoms with Gasteiger partial charge in [0.15, 0.2) is 0 Å². The van der Waals surface area contributed by atoms with Crippen LogP contribution in [0.5, 0.6) is 0 Å². The van der Waals surface area contributed by atoms with Gasteiger partial charge in [-0.3, -0.25) is 4.98 Å². The molecule has 1 N–H and O–H groups in total. The quantitative estimate of drug-likeness (QED) is 0.555. The van der Waals surface area contributed by atoms with E-state index in [1.165, 1.54) is 11.8 Å². The van der Waals surface area contributed by atoms with Crippen molar-refractivity contribution in [2.24, 2.45) is 0 Å². The standard InChI is InChI=1S/C24H27N3O2S.2ClH/c28-30(29,21-7-4-6-20(16-21)27-13-1-2-14-27)22-15-19-5-3-8-23(24(19)26-17-22)18-9-11-25-12-10-18;;/h3-8,15-18,25H,1-2,9-14H2;2*1H. The molecule has 2 aliphatic rings. The number of piperidine rings is 1. The Morgan fingerprint density at radius 3 is 2.38 bits per heavy atom. The first-order chi connectivity index (χ1) is 14.6. The highest BCUT2D eigenvalue weighted by atomic mass is 35.5. The third kappa shape index (κ3) is 4.74. The molecular weight excluding hydrogens is 465 g/mol. The Morgan fingerprint density at radius 2 is 1.62 bits per heavy atom. The summed E-state index contributed by atoms with van der Waals surface area (Å²) in [5.41, 5.74) is 3.14. The van der Waals surface area contributed by atoms with Crippen molar-refractivity contribution < 1.29 is 8.42 Å². The molecule has 0 unspecified atom stereocenters. The van der Waals surface area contributed by atoms with E-state index in [0.717, 1.165) is 68.5 Å². The summed E-state index contributed by atoms with van der Waals surface area (Å²) in [6.07, 6.45) is 6.02. The monoisotopic (exact) mass is 493 g/mol. The van der Waals surface area contributed by atoms with E-state index in [0.29, 0.717) is 10.8 Å². The van der Waals surface area contributed by atoms with Gasteiger partial charge in [0.1, 0.15) is 0 Å². The zero-order chi connectivity index (χ0) is 20.6. The van der Waals surface area contributed by atoms with Gasteiger partial charge in [0.2, 0.25) is 9.84 Å². The lowest BCUT2D eigenvalue weighted by atomic mass is 9.89. The largest absolute Gasteiger partial charge is 0.372 e. The minimum Gasteiger partial charge on any atom is -0.372 e. The van der Waals surface area contributed by atoms with Crippen molar-refractivity contribution in [2.45, 2.75) is 41.4 Å². The molecule has 0 aliphatic carbocycles. The first kappa shape index (κ1) is 24.8. The Bertz CT molecular complexity index is 1170. The van der Waals surface area contributed by atoms with Crippen LogP contribution in [0.3, 0.4) is 0 Å². The van der Waals surface area contributed by atoms with Gasteiger partial charge in [-0.25, -0.2) is 8.42 Å². The number of halogens is 2. The summed E-state index contributed by atoms with van der Waals surface area (Å²) in [4.78, 5) is 7.49. The molecule has 2 aliphatic heterocycles. The van der Waals surface area contributed by atoms with E-state index >= 15 is 0 Å². The van der Waals surface area contributed by atoms with Crippen LogP contribution in [-0.2, 0) is 9.84 Å². The molecule has 8 heteroatoms. The van der Waals surface area contributed by atoms with Crippen molar-refractivity contribution in [2.75, 3.05) is 31.1 Å². The molecule has 2 aromatic carbocycles. The van der Waals surface area contributed by atoms with Crippen LogP contribution in [0.4, 0.5) is 5.69 Å². The molecule has 0 saturated carbocycles. The third-order valence-electron chi connectivity index (χ3n) is 6.41. The number of benzene rings is 2. The minimum absolute atomic E-state index is 0. The molecular formula is C24H29Cl2N3O2S. The summed E-state index contributed by atoms with van der Waals surface area (Å²) < 4.78 is 26.7. The molecule has 0 amide bonds. The van der Waals surface area contributed by atoms with Crippen LogP contribution in [0.2, 0.25) is 0 Å². The van der Waals surface area contributed by atoms with Crippen LogP contribution in [0.25, 0.3) is 10.9 Å². The predicted octanol–water partition coefficient (Wildman–Crippen LogP) is 4.98. The van der Waals surface area contributed by atoms with E-state index in [9.17, 15) is 8.42 Å². The average Bonchev–Trinajstić information content (AvgIpc) is 3.34. The van der Waals surface area contributed by atoms with E-state index in [-0.39, 0.29) is 29.7 Å². The lowest BCUT2D eigenvalue weighted by Gasteiger charge is -2.23. The number of fused-ring (bicyclic) bond motifs is 1. The van der Waals surface area contributed by atoms with E-state index in [2.05, 4.69) is 21.3 Å². The molecule has 5 rings (SSSR count). The second-order valence-electron chi connectivity index (χ2n) is 8.31. The van der Waals surface area contributed by atoms with E-state index < -0.39 is 9.84 Å². The fraction of sp³-hybridized carbons (Fsp3) is 0.375. The predicted molar refractivity (Wildman–Crippen MR) is 134 cm³/mol. The van der Waals surface area contributed by atoms with Crippen molar-refractivity contribution in [3.63, 3.8) is 0 Å². The van der Waals surface area contributed by atoms with Gasteiger partial charge in [-0.15, -0.1) is 24.8 Å². The summed E-state index contributed by atoms with van der Waals surface area (Å²) in [6, 6.07) is 15.2. The van der Waals surface area contributed by atoms with Crippen LogP contribution in [0, 0.1) is 0 Å². The van der Waals surface area contributed by atoms with Gasteiger partial charge in [-0.1, -0.05) is 24.3 Å². The van der Waals surface area contributed by atoms with E-state index in [1.807, 2.05) is 24.3 Å². The summed E-state index contributed by atoms with van der Waals surface area (Å²) in [7, 11) is -3.62. The van der Waals surface area contributed by atoms with Gasteiger partial charge in [0.05, 0.1) is 15.3 Å². The highest BCUT2D eigenvalue weighted by Crippen LogP contribution is 2.32. The smallest absolute Gasteiger partial charge is 0.208 e. The zero-order valence-electron chi connectivity index (χ0n) is 17.9. The first-order valence-electron chi connectivity index (χ1n) is 10.8. The molecule has 3 aromatic rings. The lowest BCUT2D eigenvalue weighted by Crippen LogP contribution is -2.26. The van der Waals surface area contributed by atoms with E-state index in [4.69, 9.17) is 0 Å².